The maximum atomic E-state index is 11.4. The maximum absolute atomic E-state index is 11.4. The van der Waals surface area contributed by atoms with Crippen LogP contribution >= 0.6 is 0 Å². The fourth-order valence-corrected chi connectivity index (χ4v) is 1.36. The van der Waals surface area contributed by atoms with Crippen LogP contribution in [0.15, 0.2) is 35.5 Å². The third-order valence-corrected chi connectivity index (χ3v) is 2.35. The van der Waals surface area contributed by atoms with Crippen molar-refractivity contribution < 1.29 is 19.1 Å². The predicted molar refractivity (Wildman–Crippen MR) is 71.8 cm³/mol. The standard InChI is InChI=1S/C14H19NO4/c1-12(13-7-4-3-5-8-13)15-19-14(16)9-6-10-18-11-17-2/h3-5,7-8H,6,9-11H2,1-2H3/b15-12-. The van der Waals surface area contributed by atoms with Crippen molar-refractivity contribution in [3.63, 3.8) is 0 Å². The van der Waals surface area contributed by atoms with Gasteiger partial charge in [-0.1, -0.05) is 35.5 Å². The van der Waals surface area contributed by atoms with Crippen molar-refractivity contribution in [1.29, 1.82) is 0 Å². The predicted octanol–water partition coefficient (Wildman–Crippen LogP) is 2.35. The van der Waals surface area contributed by atoms with Crippen LogP contribution in [0, 0.1) is 0 Å². The zero-order valence-corrected chi connectivity index (χ0v) is 11.3. The lowest BCUT2D eigenvalue weighted by atomic mass is 10.1. The minimum absolute atomic E-state index is 0.236. The topological polar surface area (TPSA) is 57.1 Å². The van der Waals surface area contributed by atoms with E-state index in [0.717, 1.165) is 5.56 Å². The highest BCUT2D eigenvalue weighted by molar-refractivity contribution is 5.98. The average molecular weight is 265 g/mol. The summed E-state index contributed by atoms with van der Waals surface area (Å²) in [4.78, 5) is 16.2. The molecule has 0 amide bonds. The molecule has 1 rings (SSSR count). The van der Waals surface area contributed by atoms with Gasteiger partial charge in [-0.25, -0.2) is 4.79 Å². The summed E-state index contributed by atoms with van der Waals surface area (Å²) in [6.45, 7) is 2.49. The van der Waals surface area contributed by atoms with Crippen molar-refractivity contribution in [2.24, 2.45) is 5.16 Å². The van der Waals surface area contributed by atoms with E-state index < -0.39 is 0 Å². The fourth-order valence-electron chi connectivity index (χ4n) is 1.36. The number of carbonyl (C=O) groups is 1. The van der Waals surface area contributed by atoms with Gasteiger partial charge in [-0.3, -0.25) is 0 Å². The molecule has 1 aromatic carbocycles. The van der Waals surface area contributed by atoms with E-state index in [-0.39, 0.29) is 19.2 Å². The zero-order valence-electron chi connectivity index (χ0n) is 11.3. The number of methoxy groups -OCH3 is 1. The molecular weight excluding hydrogens is 246 g/mol. The Balaban J connectivity index is 2.25. The van der Waals surface area contributed by atoms with Gasteiger partial charge in [0.15, 0.2) is 0 Å². The van der Waals surface area contributed by atoms with Crippen molar-refractivity contribution in [2.45, 2.75) is 19.8 Å². The smallest absolute Gasteiger partial charge is 0.335 e. The molecule has 0 atom stereocenters. The molecule has 0 fully saturated rings. The third kappa shape index (κ3) is 6.69. The van der Waals surface area contributed by atoms with Gasteiger partial charge in [-0.15, -0.1) is 0 Å². The first-order valence-electron chi connectivity index (χ1n) is 6.10. The van der Waals surface area contributed by atoms with Crippen molar-refractivity contribution in [3.8, 4) is 0 Å². The quantitative estimate of drug-likeness (QED) is 0.238. The minimum Gasteiger partial charge on any atom is -0.359 e. The summed E-state index contributed by atoms with van der Waals surface area (Å²) in [5.41, 5.74) is 1.60. The summed E-state index contributed by atoms with van der Waals surface area (Å²) in [7, 11) is 1.55. The van der Waals surface area contributed by atoms with Gasteiger partial charge in [-0.2, -0.15) is 0 Å². The molecule has 0 saturated heterocycles. The van der Waals surface area contributed by atoms with E-state index in [1.807, 2.05) is 30.3 Å². The van der Waals surface area contributed by atoms with Gasteiger partial charge >= 0.3 is 5.97 Å². The monoisotopic (exact) mass is 265 g/mol. The Kier molecular flexibility index (Phi) is 7.46. The molecule has 5 heteroatoms. The van der Waals surface area contributed by atoms with E-state index in [0.29, 0.717) is 18.7 Å². The summed E-state index contributed by atoms with van der Waals surface area (Å²) in [6.07, 6.45) is 0.859. The molecule has 0 aromatic heterocycles. The molecule has 0 saturated carbocycles. The molecule has 19 heavy (non-hydrogen) atoms. The number of nitrogens with zero attached hydrogens (tertiary/aromatic N) is 1. The second kappa shape index (κ2) is 9.24. The Hall–Kier alpha value is -1.72. The summed E-state index contributed by atoms with van der Waals surface area (Å²) < 4.78 is 9.78. The van der Waals surface area contributed by atoms with Crippen LogP contribution in [0.2, 0.25) is 0 Å². The SMILES string of the molecule is COCOCCCC(=O)O/N=C(/C)c1ccccc1. The Labute approximate surface area is 113 Å². The number of hydrogen-bond acceptors (Lipinski definition) is 5. The van der Waals surface area contributed by atoms with Gasteiger partial charge in [0, 0.05) is 13.7 Å². The molecule has 0 heterocycles. The van der Waals surface area contributed by atoms with Gasteiger partial charge in [-0.05, 0) is 18.9 Å². The minimum atomic E-state index is -0.365. The molecule has 0 bridgehead atoms. The Bertz CT molecular complexity index is 403. The molecule has 5 nitrogen and oxygen atoms in total. The summed E-state index contributed by atoms with van der Waals surface area (Å²) in [5.74, 6) is -0.365. The number of oxime groups is 1. The van der Waals surface area contributed by atoms with Crippen molar-refractivity contribution >= 4 is 11.7 Å². The molecule has 1 aromatic rings. The number of carbonyl (C=O) groups excluding carboxylic acids is 1. The highest BCUT2D eigenvalue weighted by Gasteiger charge is 2.03. The number of benzene rings is 1. The Morgan fingerprint density at radius 2 is 2.00 bits per heavy atom. The Morgan fingerprint density at radius 3 is 2.68 bits per heavy atom. The third-order valence-electron chi connectivity index (χ3n) is 2.35. The molecule has 0 aliphatic rings. The van der Waals surface area contributed by atoms with Crippen molar-refractivity contribution in [1.82, 2.24) is 0 Å². The highest BCUT2D eigenvalue weighted by atomic mass is 16.7. The van der Waals surface area contributed by atoms with E-state index in [9.17, 15) is 4.79 Å². The zero-order chi connectivity index (χ0) is 13.9. The van der Waals surface area contributed by atoms with Gasteiger partial charge in [0.05, 0.1) is 12.1 Å². The first-order valence-corrected chi connectivity index (χ1v) is 6.10. The molecule has 0 aliphatic heterocycles. The normalized spacial score (nSPS) is 11.4. The second-order valence-electron chi connectivity index (χ2n) is 3.92. The number of hydrogen-bond donors (Lipinski definition) is 0. The summed E-state index contributed by atoms with van der Waals surface area (Å²) in [5, 5.41) is 3.81. The summed E-state index contributed by atoms with van der Waals surface area (Å²) in [6, 6.07) is 9.55. The lowest BCUT2D eigenvalue weighted by Crippen LogP contribution is -2.06. The largest absolute Gasteiger partial charge is 0.359 e. The van der Waals surface area contributed by atoms with Gasteiger partial charge < -0.3 is 14.3 Å². The van der Waals surface area contributed by atoms with E-state index >= 15 is 0 Å². The van der Waals surface area contributed by atoms with Gasteiger partial charge in [0.1, 0.15) is 6.79 Å². The molecule has 0 N–H and O–H groups in total. The van der Waals surface area contributed by atoms with E-state index in [1.54, 1.807) is 14.0 Å². The Morgan fingerprint density at radius 1 is 1.26 bits per heavy atom. The second-order valence-corrected chi connectivity index (χ2v) is 3.92. The van der Waals surface area contributed by atoms with Crippen molar-refractivity contribution in [3.05, 3.63) is 35.9 Å². The van der Waals surface area contributed by atoms with Gasteiger partial charge in [0.2, 0.25) is 0 Å². The average Bonchev–Trinajstić information content (AvgIpc) is 2.45. The fraction of sp³-hybridized carbons (Fsp3) is 0.429. The van der Waals surface area contributed by atoms with Crippen LogP contribution in [0.3, 0.4) is 0 Å². The van der Waals surface area contributed by atoms with E-state index in [1.165, 1.54) is 0 Å². The van der Waals surface area contributed by atoms with Crippen LogP contribution in [-0.4, -0.2) is 32.2 Å². The van der Waals surface area contributed by atoms with Gasteiger partial charge in [0.25, 0.3) is 0 Å². The highest BCUT2D eigenvalue weighted by Crippen LogP contribution is 2.02. The molecule has 0 radical (unpaired) electrons. The molecule has 0 aliphatic carbocycles. The van der Waals surface area contributed by atoms with Crippen LogP contribution in [0.1, 0.15) is 25.3 Å². The first kappa shape index (κ1) is 15.3. The lowest BCUT2D eigenvalue weighted by Gasteiger charge is -2.02. The van der Waals surface area contributed by atoms with E-state index in [2.05, 4.69) is 5.16 Å². The van der Waals surface area contributed by atoms with Crippen LogP contribution < -0.4 is 0 Å². The van der Waals surface area contributed by atoms with Crippen LogP contribution in [0.5, 0.6) is 0 Å². The summed E-state index contributed by atoms with van der Waals surface area (Å²) >= 11 is 0. The van der Waals surface area contributed by atoms with Crippen LogP contribution in [-0.2, 0) is 19.1 Å². The molecule has 0 spiro atoms. The maximum Gasteiger partial charge on any atom is 0.335 e. The van der Waals surface area contributed by atoms with Crippen molar-refractivity contribution in [2.75, 3.05) is 20.5 Å². The lowest BCUT2D eigenvalue weighted by molar-refractivity contribution is -0.144. The molecule has 0 unspecified atom stereocenters. The number of rotatable bonds is 8. The van der Waals surface area contributed by atoms with Crippen LogP contribution in [0.4, 0.5) is 0 Å². The molecular formula is C14H19NO4. The van der Waals surface area contributed by atoms with Crippen LogP contribution in [0.25, 0.3) is 0 Å². The van der Waals surface area contributed by atoms with E-state index in [4.69, 9.17) is 14.3 Å². The molecule has 104 valence electrons. The number of ether oxygens (including phenoxy) is 2. The first-order chi connectivity index (χ1) is 9.24.